The molecule has 0 aromatic carbocycles. The molecule has 5 atom stereocenters. The smallest absolute Gasteiger partial charge is 0.328 e. The summed E-state index contributed by atoms with van der Waals surface area (Å²) in [6, 6.07) is -5.07. The van der Waals surface area contributed by atoms with Crippen LogP contribution in [0.5, 0.6) is 0 Å². The van der Waals surface area contributed by atoms with E-state index >= 15 is 0 Å². The van der Waals surface area contributed by atoms with Gasteiger partial charge in [-0.05, 0) is 31.7 Å². The molecular weight excluding hydrogens is 424 g/mol. The number of carbonyl (C=O) groups is 5. The third-order valence-corrected chi connectivity index (χ3v) is 4.98. The van der Waals surface area contributed by atoms with Gasteiger partial charge < -0.3 is 43.4 Å². The van der Waals surface area contributed by atoms with Crippen LogP contribution in [0.15, 0.2) is 0 Å². The standard InChI is InChI=1S/C19H36N6O7/c1-3-10(2)15(22)18(30)24-12(8-14(21)27)17(29)23-11(6-4-5-7-20)16(28)25-13(9-26)19(31)32/h10-13,15,26H,3-9,20,22H2,1-2H3,(H2,21,27)(H,23,29)(H,24,30)(H,25,28)(H,31,32). The normalized spacial score (nSPS) is 15.5. The third-order valence-electron chi connectivity index (χ3n) is 4.98. The second-order valence-electron chi connectivity index (χ2n) is 7.57. The number of hydrogen-bond acceptors (Lipinski definition) is 8. The minimum absolute atomic E-state index is 0.107. The summed E-state index contributed by atoms with van der Waals surface area (Å²) in [5.74, 6) is -4.87. The summed E-state index contributed by atoms with van der Waals surface area (Å²) in [5.41, 5.74) is 16.5. The van der Waals surface area contributed by atoms with Crippen LogP contribution in [-0.2, 0) is 24.0 Å². The van der Waals surface area contributed by atoms with Gasteiger partial charge in [-0.3, -0.25) is 19.2 Å². The number of carbonyl (C=O) groups excluding carboxylic acids is 4. The van der Waals surface area contributed by atoms with Gasteiger partial charge >= 0.3 is 5.97 Å². The molecule has 0 saturated carbocycles. The number of rotatable bonds is 16. The first kappa shape index (κ1) is 29.2. The van der Waals surface area contributed by atoms with Gasteiger partial charge in [-0.1, -0.05) is 20.3 Å². The zero-order valence-electron chi connectivity index (χ0n) is 18.5. The van der Waals surface area contributed by atoms with Crippen molar-refractivity contribution in [2.75, 3.05) is 13.2 Å². The molecule has 13 heteroatoms. The van der Waals surface area contributed by atoms with E-state index in [1.807, 2.05) is 6.92 Å². The van der Waals surface area contributed by atoms with E-state index in [9.17, 15) is 24.0 Å². The molecule has 0 aromatic heterocycles. The van der Waals surface area contributed by atoms with Gasteiger partial charge in [0.05, 0.1) is 19.1 Å². The van der Waals surface area contributed by atoms with Gasteiger partial charge in [0, 0.05) is 0 Å². The fraction of sp³-hybridized carbons (Fsp3) is 0.737. The maximum Gasteiger partial charge on any atom is 0.328 e. The number of nitrogens with two attached hydrogens (primary N) is 3. The summed E-state index contributed by atoms with van der Waals surface area (Å²) < 4.78 is 0. The van der Waals surface area contributed by atoms with Crippen LogP contribution < -0.4 is 33.2 Å². The number of aliphatic carboxylic acids is 1. The molecule has 0 bridgehead atoms. The van der Waals surface area contributed by atoms with Crippen molar-refractivity contribution in [3.05, 3.63) is 0 Å². The van der Waals surface area contributed by atoms with Crippen molar-refractivity contribution in [3.63, 3.8) is 0 Å². The number of aliphatic hydroxyl groups excluding tert-OH is 1. The van der Waals surface area contributed by atoms with Crippen LogP contribution in [0, 0.1) is 5.92 Å². The van der Waals surface area contributed by atoms with Crippen LogP contribution >= 0.6 is 0 Å². The predicted octanol–water partition coefficient (Wildman–Crippen LogP) is -3.10. The number of nitrogens with one attached hydrogen (secondary N) is 3. The Morgan fingerprint density at radius 2 is 1.44 bits per heavy atom. The summed E-state index contributed by atoms with van der Waals surface area (Å²) in [5, 5.41) is 25.0. The number of primary amides is 1. The first-order valence-electron chi connectivity index (χ1n) is 10.5. The van der Waals surface area contributed by atoms with Crippen molar-refractivity contribution in [2.45, 2.75) is 70.1 Å². The lowest BCUT2D eigenvalue weighted by Crippen LogP contribution is -2.58. The Bertz CT molecular complexity index is 660. The molecule has 0 aliphatic rings. The molecular formula is C19H36N6O7. The lowest BCUT2D eigenvalue weighted by atomic mass is 9.99. The molecule has 0 heterocycles. The summed E-state index contributed by atoms with van der Waals surface area (Å²) in [6.45, 7) is 3.08. The Hall–Kier alpha value is -2.77. The van der Waals surface area contributed by atoms with Crippen LogP contribution in [0.4, 0.5) is 0 Å². The van der Waals surface area contributed by atoms with Crippen molar-refractivity contribution >= 4 is 29.6 Å². The summed E-state index contributed by atoms with van der Waals surface area (Å²) in [6.07, 6.45) is 1.15. The second-order valence-corrected chi connectivity index (χ2v) is 7.57. The largest absolute Gasteiger partial charge is 0.480 e. The Kier molecular flexibility index (Phi) is 13.8. The highest BCUT2D eigenvalue weighted by Gasteiger charge is 2.31. The molecule has 5 unspecified atom stereocenters. The van der Waals surface area contributed by atoms with Gasteiger partial charge in [0.1, 0.15) is 18.1 Å². The van der Waals surface area contributed by atoms with Crippen LogP contribution in [-0.4, -0.2) is 77.1 Å². The fourth-order valence-corrected chi connectivity index (χ4v) is 2.68. The first-order chi connectivity index (χ1) is 15.0. The van der Waals surface area contributed by atoms with Crippen molar-refractivity contribution < 1.29 is 34.2 Å². The third kappa shape index (κ3) is 10.5. The molecule has 0 aliphatic carbocycles. The van der Waals surface area contributed by atoms with Crippen molar-refractivity contribution in [1.82, 2.24) is 16.0 Å². The average molecular weight is 461 g/mol. The van der Waals surface area contributed by atoms with E-state index in [1.54, 1.807) is 6.92 Å². The maximum atomic E-state index is 12.8. The number of amides is 4. The Labute approximate surface area is 186 Å². The number of aliphatic hydroxyl groups is 1. The fourth-order valence-electron chi connectivity index (χ4n) is 2.68. The maximum absolute atomic E-state index is 12.8. The number of carboxylic acids is 1. The van der Waals surface area contributed by atoms with E-state index in [4.69, 9.17) is 27.4 Å². The van der Waals surface area contributed by atoms with Crippen molar-refractivity contribution in [2.24, 2.45) is 23.1 Å². The number of hydrogen-bond donors (Lipinski definition) is 8. The zero-order valence-corrected chi connectivity index (χ0v) is 18.5. The van der Waals surface area contributed by atoms with E-state index in [0.717, 1.165) is 0 Å². The van der Waals surface area contributed by atoms with Gasteiger partial charge in [-0.2, -0.15) is 0 Å². The monoisotopic (exact) mass is 460 g/mol. The van der Waals surface area contributed by atoms with Gasteiger partial charge in [0.2, 0.25) is 23.6 Å². The van der Waals surface area contributed by atoms with E-state index < -0.39 is 66.8 Å². The van der Waals surface area contributed by atoms with Crippen LogP contribution in [0.1, 0.15) is 46.0 Å². The molecule has 184 valence electrons. The van der Waals surface area contributed by atoms with Crippen molar-refractivity contribution in [1.29, 1.82) is 0 Å². The van der Waals surface area contributed by atoms with E-state index in [0.29, 0.717) is 25.8 Å². The van der Waals surface area contributed by atoms with Gasteiger partial charge in [-0.15, -0.1) is 0 Å². The van der Waals surface area contributed by atoms with Crippen LogP contribution in [0.25, 0.3) is 0 Å². The first-order valence-corrected chi connectivity index (χ1v) is 10.5. The highest BCUT2D eigenvalue weighted by molar-refractivity contribution is 5.96. The molecule has 0 aromatic rings. The molecule has 0 radical (unpaired) electrons. The molecule has 32 heavy (non-hydrogen) atoms. The number of carboxylic acid groups (broad SMARTS) is 1. The van der Waals surface area contributed by atoms with E-state index in [1.165, 1.54) is 0 Å². The van der Waals surface area contributed by atoms with Gasteiger partial charge in [0.25, 0.3) is 0 Å². The summed E-state index contributed by atoms with van der Waals surface area (Å²) >= 11 is 0. The molecule has 4 amide bonds. The summed E-state index contributed by atoms with van der Waals surface area (Å²) in [4.78, 5) is 60.2. The second kappa shape index (κ2) is 15.1. The van der Waals surface area contributed by atoms with Gasteiger partial charge in [-0.25, -0.2) is 4.79 Å². The SMILES string of the molecule is CCC(C)C(N)C(=O)NC(CC(N)=O)C(=O)NC(CCCCN)C(=O)NC(CO)C(=O)O. The Morgan fingerprint density at radius 3 is 1.91 bits per heavy atom. The Balaban J connectivity index is 5.47. The topological polar surface area (TPSA) is 240 Å². The molecule has 0 fully saturated rings. The average Bonchev–Trinajstić information content (AvgIpc) is 2.74. The highest BCUT2D eigenvalue weighted by atomic mass is 16.4. The molecule has 11 N–H and O–H groups in total. The lowest BCUT2D eigenvalue weighted by Gasteiger charge is -2.25. The van der Waals surface area contributed by atoms with E-state index in [-0.39, 0.29) is 12.3 Å². The predicted molar refractivity (Wildman–Crippen MR) is 115 cm³/mol. The lowest BCUT2D eigenvalue weighted by molar-refractivity contribution is -0.143. The highest BCUT2D eigenvalue weighted by Crippen LogP contribution is 2.07. The zero-order chi connectivity index (χ0) is 24.8. The van der Waals surface area contributed by atoms with Crippen LogP contribution in [0.2, 0.25) is 0 Å². The van der Waals surface area contributed by atoms with Crippen LogP contribution in [0.3, 0.4) is 0 Å². The quantitative estimate of drug-likeness (QED) is 0.109. The molecule has 0 aliphatic heterocycles. The molecule has 13 nitrogen and oxygen atoms in total. The van der Waals surface area contributed by atoms with Crippen molar-refractivity contribution in [3.8, 4) is 0 Å². The molecule has 0 spiro atoms. The van der Waals surface area contributed by atoms with Gasteiger partial charge in [0.15, 0.2) is 0 Å². The number of unbranched alkanes of at least 4 members (excludes halogenated alkanes) is 1. The molecule has 0 rings (SSSR count). The molecule has 0 saturated heterocycles. The minimum atomic E-state index is -1.56. The minimum Gasteiger partial charge on any atom is -0.480 e. The van der Waals surface area contributed by atoms with E-state index in [2.05, 4.69) is 16.0 Å². The Morgan fingerprint density at radius 1 is 0.906 bits per heavy atom. The summed E-state index contributed by atoms with van der Waals surface area (Å²) in [7, 11) is 0.